The molecule has 0 aromatic heterocycles. The summed E-state index contributed by atoms with van der Waals surface area (Å²) in [6, 6.07) is 19.5. The van der Waals surface area contributed by atoms with E-state index in [2.05, 4.69) is 6.92 Å². The smallest absolute Gasteiger partial charge is 0.248 e. The SMILES string of the molecule is CCC1=C(C(=S)OC(c2ccccc2)c2ccccc2)N2C(=O)C(N)[C@H]2SC1. The molecule has 2 atom stereocenters. The third kappa shape index (κ3) is 3.36. The second kappa shape index (κ2) is 8.07. The van der Waals surface area contributed by atoms with E-state index < -0.39 is 6.04 Å². The van der Waals surface area contributed by atoms with E-state index in [0.717, 1.165) is 34.6 Å². The molecule has 0 radical (unpaired) electrons. The monoisotopic (exact) mass is 410 g/mol. The van der Waals surface area contributed by atoms with E-state index in [9.17, 15) is 4.79 Å². The van der Waals surface area contributed by atoms with Gasteiger partial charge in [0.1, 0.15) is 17.5 Å². The molecule has 2 aliphatic heterocycles. The van der Waals surface area contributed by atoms with Crippen molar-refractivity contribution in [3.63, 3.8) is 0 Å². The molecule has 2 heterocycles. The number of carbonyl (C=O) groups is 1. The van der Waals surface area contributed by atoms with E-state index >= 15 is 0 Å². The van der Waals surface area contributed by atoms with Crippen molar-refractivity contribution < 1.29 is 9.53 Å². The topological polar surface area (TPSA) is 55.6 Å². The van der Waals surface area contributed by atoms with Gasteiger partial charge in [-0.05, 0) is 35.3 Å². The predicted molar refractivity (Wildman–Crippen MR) is 117 cm³/mol. The molecular weight excluding hydrogens is 388 g/mol. The van der Waals surface area contributed by atoms with E-state index in [0.29, 0.717) is 5.05 Å². The van der Waals surface area contributed by atoms with E-state index in [1.165, 1.54) is 0 Å². The Morgan fingerprint density at radius 1 is 1.18 bits per heavy atom. The van der Waals surface area contributed by atoms with Crippen LogP contribution in [-0.4, -0.2) is 33.0 Å². The molecule has 4 rings (SSSR count). The number of thiocarbonyl (C=S) groups is 1. The fourth-order valence-corrected chi connectivity index (χ4v) is 5.32. The zero-order chi connectivity index (χ0) is 19.7. The van der Waals surface area contributed by atoms with Crippen LogP contribution in [0.3, 0.4) is 0 Å². The molecule has 0 saturated carbocycles. The van der Waals surface area contributed by atoms with Crippen LogP contribution >= 0.6 is 24.0 Å². The Morgan fingerprint density at radius 3 is 2.29 bits per heavy atom. The highest BCUT2D eigenvalue weighted by atomic mass is 32.2. The molecule has 0 aliphatic carbocycles. The summed E-state index contributed by atoms with van der Waals surface area (Å²) in [4.78, 5) is 14.2. The second-order valence-corrected chi connectivity index (χ2v) is 8.32. The lowest BCUT2D eigenvalue weighted by atomic mass is 10.0. The van der Waals surface area contributed by atoms with Gasteiger partial charge in [-0.1, -0.05) is 67.6 Å². The molecule has 1 fully saturated rings. The molecular formula is C22H22N2O2S2. The van der Waals surface area contributed by atoms with Crippen LogP contribution in [0.2, 0.25) is 0 Å². The maximum absolute atomic E-state index is 12.4. The molecule has 1 saturated heterocycles. The molecule has 144 valence electrons. The van der Waals surface area contributed by atoms with Crippen molar-refractivity contribution in [3.05, 3.63) is 83.1 Å². The minimum atomic E-state index is -0.458. The Bertz CT molecular complexity index is 875. The average Bonchev–Trinajstić information content (AvgIpc) is 2.76. The van der Waals surface area contributed by atoms with Gasteiger partial charge in [-0.25, -0.2) is 0 Å². The maximum atomic E-state index is 12.4. The highest BCUT2D eigenvalue weighted by Crippen LogP contribution is 2.41. The summed E-state index contributed by atoms with van der Waals surface area (Å²) in [6.45, 7) is 2.08. The molecule has 4 nitrogen and oxygen atoms in total. The quantitative estimate of drug-likeness (QED) is 0.596. The zero-order valence-corrected chi connectivity index (χ0v) is 17.2. The van der Waals surface area contributed by atoms with Crippen molar-refractivity contribution in [2.24, 2.45) is 5.73 Å². The highest BCUT2D eigenvalue weighted by Gasteiger charge is 2.51. The maximum Gasteiger partial charge on any atom is 0.248 e. The van der Waals surface area contributed by atoms with Gasteiger partial charge in [0.2, 0.25) is 11.0 Å². The summed E-state index contributed by atoms with van der Waals surface area (Å²) in [5.41, 5.74) is 9.90. The fraction of sp³-hybridized carbons (Fsp3) is 0.273. The number of benzene rings is 2. The van der Waals surface area contributed by atoms with Crippen LogP contribution < -0.4 is 5.73 Å². The van der Waals surface area contributed by atoms with Crippen molar-refractivity contribution in [1.29, 1.82) is 0 Å². The Morgan fingerprint density at radius 2 is 1.75 bits per heavy atom. The van der Waals surface area contributed by atoms with Crippen molar-refractivity contribution >= 4 is 34.9 Å². The van der Waals surface area contributed by atoms with Gasteiger partial charge >= 0.3 is 0 Å². The van der Waals surface area contributed by atoms with Gasteiger partial charge in [0.15, 0.2) is 0 Å². The molecule has 0 spiro atoms. The number of β-lactam (4-membered cyclic amide) rings is 1. The number of hydrogen-bond donors (Lipinski definition) is 1. The largest absolute Gasteiger partial charge is 0.469 e. The van der Waals surface area contributed by atoms with E-state index in [4.69, 9.17) is 22.7 Å². The Balaban J connectivity index is 1.68. The molecule has 2 aliphatic rings. The number of rotatable bonds is 5. The second-order valence-electron chi connectivity index (χ2n) is 6.85. The summed E-state index contributed by atoms with van der Waals surface area (Å²) >= 11 is 7.42. The van der Waals surface area contributed by atoms with Crippen LogP contribution in [0, 0.1) is 0 Å². The first-order chi connectivity index (χ1) is 13.6. The third-order valence-electron chi connectivity index (χ3n) is 5.14. The summed E-state index contributed by atoms with van der Waals surface area (Å²) < 4.78 is 6.36. The van der Waals surface area contributed by atoms with Gasteiger partial charge < -0.3 is 10.5 Å². The molecule has 1 unspecified atom stereocenters. The number of nitrogens with zero attached hydrogens (tertiary/aromatic N) is 1. The predicted octanol–water partition coefficient (Wildman–Crippen LogP) is 4.03. The number of nitrogens with two attached hydrogens (primary N) is 1. The van der Waals surface area contributed by atoms with Gasteiger partial charge in [-0.2, -0.15) is 0 Å². The molecule has 6 heteroatoms. The number of amides is 1. The third-order valence-corrected chi connectivity index (χ3v) is 6.79. The van der Waals surface area contributed by atoms with Gasteiger partial charge in [-0.3, -0.25) is 9.69 Å². The minimum absolute atomic E-state index is 0.0498. The van der Waals surface area contributed by atoms with Crippen molar-refractivity contribution in [2.75, 3.05) is 5.75 Å². The van der Waals surface area contributed by atoms with Crippen LogP contribution in [0.15, 0.2) is 71.9 Å². The van der Waals surface area contributed by atoms with Crippen LogP contribution in [0.4, 0.5) is 0 Å². The summed E-state index contributed by atoms with van der Waals surface area (Å²) in [5, 5.41) is 0.311. The van der Waals surface area contributed by atoms with Gasteiger partial charge in [0.25, 0.3) is 0 Å². The lowest BCUT2D eigenvalue weighted by Gasteiger charge is -2.49. The van der Waals surface area contributed by atoms with Crippen molar-refractivity contribution in [3.8, 4) is 0 Å². The van der Waals surface area contributed by atoms with Gasteiger partial charge in [-0.15, -0.1) is 11.8 Å². The average molecular weight is 411 g/mol. The van der Waals surface area contributed by atoms with Crippen molar-refractivity contribution in [1.82, 2.24) is 4.90 Å². The number of fused-ring (bicyclic) bond motifs is 1. The fourth-order valence-electron chi connectivity index (χ4n) is 3.59. The zero-order valence-electron chi connectivity index (χ0n) is 15.6. The Labute approximate surface area is 174 Å². The van der Waals surface area contributed by atoms with Crippen LogP contribution in [-0.2, 0) is 9.53 Å². The number of hydrogen-bond acceptors (Lipinski definition) is 5. The molecule has 28 heavy (non-hydrogen) atoms. The molecule has 0 bridgehead atoms. The van der Waals surface area contributed by atoms with E-state index in [1.807, 2.05) is 60.7 Å². The first-order valence-electron chi connectivity index (χ1n) is 9.35. The van der Waals surface area contributed by atoms with Crippen molar-refractivity contribution in [2.45, 2.75) is 30.9 Å². The van der Waals surface area contributed by atoms with Crippen LogP contribution in [0.25, 0.3) is 0 Å². The molecule has 2 N–H and O–H groups in total. The van der Waals surface area contributed by atoms with Gasteiger partial charge in [0.05, 0.1) is 5.70 Å². The Kier molecular flexibility index (Phi) is 5.53. The Hall–Kier alpha value is -2.15. The number of thioether (sulfide) groups is 1. The van der Waals surface area contributed by atoms with E-state index in [-0.39, 0.29) is 17.4 Å². The van der Waals surface area contributed by atoms with Gasteiger partial charge in [0, 0.05) is 5.75 Å². The first kappa shape index (κ1) is 19.2. The lowest BCUT2D eigenvalue weighted by molar-refractivity contribution is -0.140. The van der Waals surface area contributed by atoms with Crippen LogP contribution in [0.1, 0.15) is 30.6 Å². The first-order valence-corrected chi connectivity index (χ1v) is 10.8. The number of carbonyl (C=O) groups excluding carboxylic acids is 1. The summed E-state index contributed by atoms with van der Waals surface area (Å²) in [5.74, 6) is 0.735. The number of ether oxygens (including phenoxy) is 1. The van der Waals surface area contributed by atoms with E-state index in [1.54, 1.807) is 16.7 Å². The normalized spacial score (nSPS) is 21.4. The van der Waals surface area contributed by atoms with Crippen LogP contribution in [0.5, 0.6) is 0 Å². The lowest BCUT2D eigenvalue weighted by Crippen LogP contribution is -2.68. The minimum Gasteiger partial charge on any atom is -0.469 e. The molecule has 1 amide bonds. The molecule has 2 aromatic carbocycles. The summed E-state index contributed by atoms with van der Waals surface area (Å²) in [7, 11) is 0. The molecule has 2 aromatic rings. The summed E-state index contributed by atoms with van der Waals surface area (Å²) in [6.07, 6.45) is 0.484. The standard InChI is InChI=1S/C22H22N2O2S2/c1-2-14-13-28-21-17(23)20(25)24(21)18(14)22(27)26-19(15-9-5-3-6-10-15)16-11-7-4-8-12-16/h3-12,17,19,21H,2,13,23H2,1H3/t17?,21-/m1/s1. The highest BCUT2D eigenvalue weighted by molar-refractivity contribution is 8.00.